The van der Waals surface area contributed by atoms with Crippen molar-refractivity contribution in [2.45, 2.75) is 26.4 Å². The van der Waals surface area contributed by atoms with Gasteiger partial charge in [-0.25, -0.2) is 4.98 Å². The van der Waals surface area contributed by atoms with Crippen molar-refractivity contribution in [2.75, 3.05) is 32.2 Å². The van der Waals surface area contributed by atoms with Crippen molar-refractivity contribution >= 4 is 16.7 Å². The summed E-state index contributed by atoms with van der Waals surface area (Å²) in [6, 6.07) is 10.9. The van der Waals surface area contributed by atoms with E-state index in [0.29, 0.717) is 12.6 Å². The van der Waals surface area contributed by atoms with Gasteiger partial charge < -0.3 is 15.0 Å². The van der Waals surface area contributed by atoms with Gasteiger partial charge in [-0.3, -0.25) is 0 Å². The highest BCUT2D eigenvalue weighted by molar-refractivity contribution is 5.84. The van der Waals surface area contributed by atoms with Crippen molar-refractivity contribution in [1.29, 1.82) is 0 Å². The summed E-state index contributed by atoms with van der Waals surface area (Å²) in [6.45, 7) is 6.71. The van der Waals surface area contributed by atoms with Crippen LogP contribution in [-0.4, -0.2) is 38.3 Å². The molecule has 1 heterocycles. The maximum absolute atomic E-state index is 5.15. The Labute approximate surface area is 127 Å². The average Bonchev–Trinajstić information content (AvgIpc) is 2.49. The van der Waals surface area contributed by atoms with Gasteiger partial charge in [-0.2, -0.15) is 0 Å². The number of ether oxygens (including phenoxy) is 1. The second-order valence-electron chi connectivity index (χ2n) is 5.61. The molecule has 0 atom stereocenters. The number of benzene rings is 1. The summed E-state index contributed by atoms with van der Waals surface area (Å²) in [7, 11) is 3.77. The lowest BCUT2D eigenvalue weighted by Gasteiger charge is -2.20. The zero-order valence-corrected chi connectivity index (χ0v) is 13.4. The van der Waals surface area contributed by atoms with Crippen LogP contribution in [0.4, 0.5) is 5.82 Å². The van der Waals surface area contributed by atoms with E-state index in [1.165, 1.54) is 10.9 Å². The SMILES string of the molecule is COCCN(C)c1cc(CNC(C)C)c2ccccc2n1. The number of fused-ring (bicyclic) bond motifs is 1. The van der Waals surface area contributed by atoms with Crippen LogP contribution in [0.5, 0.6) is 0 Å². The Balaban J connectivity index is 2.34. The Morgan fingerprint density at radius 1 is 1.29 bits per heavy atom. The number of methoxy groups -OCH3 is 1. The first kappa shape index (κ1) is 15.7. The molecule has 0 saturated heterocycles. The van der Waals surface area contributed by atoms with E-state index in [2.05, 4.69) is 55.4 Å². The maximum Gasteiger partial charge on any atom is 0.129 e. The number of para-hydroxylation sites is 1. The molecule has 0 fully saturated rings. The molecule has 0 aliphatic heterocycles. The molecule has 1 N–H and O–H groups in total. The Morgan fingerprint density at radius 2 is 2.05 bits per heavy atom. The maximum atomic E-state index is 5.15. The molecule has 1 aromatic heterocycles. The van der Waals surface area contributed by atoms with Crippen molar-refractivity contribution in [3.05, 3.63) is 35.9 Å². The van der Waals surface area contributed by atoms with Crippen molar-refractivity contribution in [3.63, 3.8) is 0 Å². The molecule has 0 aliphatic carbocycles. The predicted octanol–water partition coefficient (Wildman–Crippen LogP) is 2.82. The normalized spacial score (nSPS) is 11.3. The van der Waals surface area contributed by atoms with Gasteiger partial charge in [0.05, 0.1) is 12.1 Å². The lowest BCUT2D eigenvalue weighted by Crippen LogP contribution is -2.25. The molecule has 4 nitrogen and oxygen atoms in total. The summed E-state index contributed by atoms with van der Waals surface area (Å²) >= 11 is 0. The molecular formula is C17H25N3O. The van der Waals surface area contributed by atoms with Gasteiger partial charge in [-0.1, -0.05) is 32.0 Å². The molecule has 4 heteroatoms. The second kappa shape index (κ2) is 7.38. The van der Waals surface area contributed by atoms with Crippen LogP contribution in [0.1, 0.15) is 19.4 Å². The number of nitrogens with zero attached hydrogens (tertiary/aromatic N) is 2. The van der Waals surface area contributed by atoms with Crippen LogP contribution in [0.15, 0.2) is 30.3 Å². The third-order valence-corrected chi connectivity index (χ3v) is 3.51. The quantitative estimate of drug-likeness (QED) is 0.849. The molecule has 0 bridgehead atoms. The summed E-state index contributed by atoms with van der Waals surface area (Å²) in [6.07, 6.45) is 0. The fraction of sp³-hybridized carbons (Fsp3) is 0.471. The number of pyridine rings is 1. The van der Waals surface area contributed by atoms with E-state index in [1.807, 2.05) is 6.07 Å². The summed E-state index contributed by atoms with van der Waals surface area (Å²) in [4.78, 5) is 6.89. The molecule has 0 unspecified atom stereocenters. The molecule has 114 valence electrons. The second-order valence-corrected chi connectivity index (χ2v) is 5.61. The Morgan fingerprint density at radius 3 is 2.76 bits per heavy atom. The van der Waals surface area contributed by atoms with E-state index < -0.39 is 0 Å². The fourth-order valence-corrected chi connectivity index (χ4v) is 2.23. The number of aromatic nitrogens is 1. The van der Waals surface area contributed by atoms with Crippen molar-refractivity contribution in [2.24, 2.45) is 0 Å². The van der Waals surface area contributed by atoms with Crippen molar-refractivity contribution in [1.82, 2.24) is 10.3 Å². The topological polar surface area (TPSA) is 37.4 Å². The van der Waals surface area contributed by atoms with Gasteiger partial charge in [-0.05, 0) is 17.7 Å². The van der Waals surface area contributed by atoms with Crippen LogP contribution in [-0.2, 0) is 11.3 Å². The van der Waals surface area contributed by atoms with Gasteiger partial charge in [0.1, 0.15) is 5.82 Å². The van der Waals surface area contributed by atoms with Crippen LogP contribution >= 0.6 is 0 Å². The molecule has 21 heavy (non-hydrogen) atoms. The summed E-state index contributed by atoms with van der Waals surface area (Å²) in [5, 5.41) is 4.71. The van der Waals surface area contributed by atoms with Crippen molar-refractivity contribution in [3.8, 4) is 0 Å². The first-order chi connectivity index (χ1) is 10.1. The predicted molar refractivity (Wildman–Crippen MR) is 88.9 cm³/mol. The molecule has 0 spiro atoms. The van der Waals surface area contributed by atoms with Crippen LogP contribution in [0.3, 0.4) is 0 Å². The van der Waals surface area contributed by atoms with Crippen LogP contribution < -0.4 is 10.2 Å². The molecule has 0 radical (unpaired) electrons. The molecule has 1 aromatic carbocycles. The summed E-state index contributed by atoms with van der Waals surface area (Å²) < 4.78 is 5.15. The Bertz CT molecular complexity index is 583. The zero-order valence-electron chi connectivity index (χ0n) is 13.4. The average molecular weight is 287 g/mol. The standard InChI is InChI=1S/C17H25N3O/c1-13(2)18-12-14-11-17(20(3)9-10-21-4)19-16-8-6-5-7-15(14)16/h5-8,11,13,18H,9-10,12H2,1-4H3. The van der Waals surface area contributed by atoms with E-state index in [1.54, 1.807) is 7.11 Å². The number of anilines is 1. The number of nitrogens with one attached hydrogen (secondary N) is 1. The fourth-order valence-electron chi connectivity index (χ4n) is 2.23. The van der Waals surface area contributed by atoms with Crippen molar-refractivity contribution < 1.29 is 4.74 Å². The summed E-state index contributed by atoms with van der Waals surface area (Å²) in [5.74, 6) is 0.992. The largest absolute Gasteiger partial charge is 0.383 e. The van der Waals surface area contributed by atoms with Gasteiger partial charge >= 0.3 is 0 Å². The van der Waals surface area contributed by atoms with Gasteiger partial charge in [0.2, 0.25) is 0 Å². The van der Waals surface area contributed by atoms with E-state index in [-0.39, 0.29) is 0 Å². The smallest absolute Gasteiger partial charge is 0.129 e. The minimum atomic E-state index is 0.464. The molecule has 0 aliphatic rings. The number of rotatable bonds is 7. The van der Waals surface area contributed by atoms with Crippen LogP contribution in [0.25, 0.3) is 10.9 Å². The van der Waals surface area contributed by atoms with Gasteiger partial charge in [0, 0.05) is 38.7 Å². The van der Waals surface area contributed by atoms with Crippen LogP contribution in [0.2, 0.25) is 0 Å². The number of hydrogen-bond donors (Lipinski definition) is 1. The molecule has 0 amide bonds. The van der Waals surface area contributed by atoms with E-state index in [4.69, 9.17) is 9.72 Å². The van der Waals surface area contributed by atoms with Crippen LogP contribution in [0, 0.1) is 0 Å². The third kappa shape index (κ3) is 4.16. The monoisotopic (exact) mass is 287 g/mol. The minimum absolute atomic E-state index is 0.464. The summed E-state index contributed by atoms with van der Waals surface area (Å²) in [5.41, 5.74) is 2.33. The highest BCUT2D eigenvalue weighted by Gasteiger charge is 2.09. The Hall–Kier alpha value is -1.65. The number of likely N-dealkylation sites (N-methyl/N-ethyl adjacent to an activating group) is 1. The third-order valence-electron chi connectivity index (χ3n) is 3.51. The van der Waals surface area contributed by atoms with Gasteiger partial charge in [0.25, 0.3) is 0 Å². The Kier molecular flexibility index (Phi) is 5.53. The molecule has 2 rings (SSSR count). The zero-order chi connectivity index (χ0) is 15.2. The first-order valence-electron chi connectivity index (χ1n) is 7.44. The van der Waals surface area contributed by atoms with Gasteiger partial charge in [-0.15, -0.1) is 0 Å². The number of hydrogen-bond acceptors (Lipinski definition) is 4. The van der Waals surface area contributed by atoms with E-state index in [0.717, 1.165) is 24.4 Å². The van der Waals surface area contributed by atoms with E-state index >= 15 is 0 Å². The first-order valence-corrected chi connectivity index (χ1v) is 7.44. The molecular weight excluding hydrogens is 262 g/mol. The molecule has 0 saturated carbocycles. The molecule has 2 aromatic rings. The van der Waals surface area contributed by atoms with Gasteiger partial charge in [0.15, 0.2) is 0 Å². The minimum Gasteiger partial charge on any atom is -0.383 e. The lowest BCUT2D eigenvalue weighted by molar-refractivity contribution is 0.206. The van der Waals surface area contributed by atoms with E-state index in [9.17, 15) is 0 Å². The lowest BCUT2D eigenvalue weighted by atomic mass is 10.1. The highest BCUT2D eigenvalue weighted by atomic mass is 16.5. The highest BCUT2D eigenvalue weighted by Crippen LogP contribution is 2.22.